The number of carbonyl (C=O) groups excluding carboxylic acids is 1. The van der Waals surface area contributed by atoms with Crippen molar-refractivity contribution in [3.63, 3.8) is 0 Å². The molecule has 7 nitrogen and oxygen atoms in total. The molecular formula is C26H30N4O3S. The summed E-state index contributed by atoms with van der Waals surface area (Å²) in [4.78, 5) is 35.1. The summed E-state index contributed by atoms with van der Waals surface area (Å²) in [6.45, 7) is 8.12. The van der Waals surface area contributed by atoms with E-state index in [1.54, 1.807) is 7.11 Å². The maximum absolute atomic E-state index is 12.8. The highest BCUT2D eigenvalue weighted by Crippen LogP contribution is 2.24. The highest BCUT2D eigenvalue weighted by molar-refractivity contribution is 7.99. The SMILES string of the molecule is COc1cccc(CN2CCc3nc(SCC(=O)Nc4c(C)cc(C)cc4C)[nH]c(=O)c3C2)c1. The quantitative estimate of drug-likeness (QED) is 0.394. The number of thioether (sulfide) groups is 1. The van der Waals surface area contributed by atoms with Crippen LogP contribution in [0.15, 0.2) is 46.3 Å². The average molecular weight is 479 g/mol. The fraction of sp³-hybridized carbons (Fsp3) is 0.346. The van der Waals surface area contributed by atoms with E-state index < -0.39 is 0 Å². The van der Waals surface area contributed by atoms with Gasteiger partial charge in [0, 0.05) is 31.7 Å². The maximum atomic E-state index is 12.8. The van der Waals surface area contributed by atoms with E-state index in [0.717, 1.165) is 46.9 Å². The Morgan fingerprint density at radius 2 is 1.97 bits per heavy atom. The molecule has 1 aliphatic rings. The lowest BCUT2D eigenvalue weighted by molar-refractivity contribution is -0.113. The number of anilines is 1. The van der Waals surface area contributed by atoms with Crippen molar-refractivity contribution in [1.29, 1.82) is 0 Å². The molecule has 0 saturated heterocycles. The molecule has 0 bridgehead atoms. The first kappa shape index (κ1) is 24.0. The van der Waals surface area contributed by atoms with E-state index in [4.69, 9.17) is 4.74 Å². The van der Waals surface area contributed by atoms with Gasteiger partial charge < -0.3 is 15.0 Å². The van der Waals surface area contributed by atoms with Crippen LogP contribution in [0.25, 0.3) is 0 Å². The third-order valence-corrected chi connectivity index (χ3v) is 6.82. The Morgan fingerprint density at radius 1 is 1.21 bits per heavy atom. The van der Waals surface area contributed by atoms with Crippen LogP contribution in [0.4, 0.5) is 5.69 Å². The van der Waals surface area contributed by atoms with Gasteiger partial charge in [-0.3, -0.25) is 14.5 Å². The number of benzene rings is 2. The predicted octanol–water partition coefficient (Wildman–Crippen LogP) is 3.99. The molecule has 4 rings (SSSR count). The second-order valence-electron chi connectivity index (χ2n) is 8.72. The first-order chi connectivity index (χ1) is 16.3. The van der Waals surface area contributed by atoms with Crippen molar-refractivity contribution in [2.75, 3.05) is 24.7 Å². The zero-order valence-corrected chi connectivity index (χ0v) is 20.8. The number of nitrogens with one attached hydrogen (secondary N) is 2. The number of amides is 1. The topological polar surface area (TPSA) is 87.3 Å². The highest BCUT2D eigenvalue weighted by Gasteiger charge is 2.22. The molecule has 1 amide bonds. The molecule has 178 valence electrons. The van der Waals surface area contributed by atoms with Crippen LogP contribution in [-0.4, -0.2) is 40.2 Å². The third kappa shape index (κ3) is 5.69. The Hall–Kier alpha value is -3.10. The van der Waals surface area contributed by atoms with Crippen LogP contribution in [0.1, 0.15) is 33.5 Å². The standard InChI is InChI=1S/C26H30N4O3S/c1-16-10-17(2)24(18(3)11-16)28-23(31)15-34-26-27-22-8-9-30(14-21(22)25(32)29-26)13-19-6-5-7-20(12-19)33-4/h5-7,10-12H,8-9,13-15H2,1-4H3,(H,28,31)(H,27,29,32). The number of aromatic nitrogens is 2. The molecule has 1 aliphatic heterocycles. The van der Waals surface area contributed by atoms with Gasteiger partial charge in [0.15, 0.2) is 5.16 Å². The number of carbonyl (C=O) groups is 1. The van der Waals surface area contributed by atoms with Gasteiger partial charge in [0.25, 0.3) is 5.56 Å². The van der Waals surface area contributed by atoms with Gasteiger partial charge >= 0.3 is 0 Å². The monoisotopic (exact) mass is 478 g/mol. The molecular weight excluding hydrogens is 448 g/mol. The number of fused-ring (bicyclic) bond motifs is 1. The van der Waals surface area contributed by atoms with E-state index in [9.17, 15) is 9.59 Å². The third-order valence-electron chi connectivity index (χ3n) is 5.95. The van der Waals surface area contributed by atoms with Crippen LogP contribution in [0.2, 0.25) is 0 Å². The lowest BCUT2D eigenvalue weighted by atomic mass is 10.1. The van der Waals surface area contributed by atoms with Gasteiger partial charge in [-0.2, -0.15) is 0 Å². The summed E-state index contributed by atoms with van der Waals surface area (Å²) >= 11 is 1.25. The molecule has 3 aromatic rings. The Balaban J connectivity index is 1.38. The molecule has 0 saturated carbocycles. The van der Waals surface area contributed by atoms with Crippen molar-refractivity contribution < 1.29 is 9.53 Å². The Morgan fingerprint density at radius 3 is 2.71 bits per heavy atom. The molecule has 8 heteroatoms. The first-order valence-electron chi connectivity index (χ1n) is 11.3. The molecule has 0 aliphatic carbocycles. The number of hydrogen-bond donors (Lipinski definition) is 2. The van der Waals surface area contributed by atoms with E-state index >= 15 is 0 Å². The molecule has 0 spiro atoms. The molecule has 2 heterocycles. The van der Waals surface area contributed by atoms with Gasteiger partial charge in [-0.15, -0.1) is 0 Å². The number of aryl methyl sites for hydroxylation is 3. The van der Waals surface area contributed by atoms with E-state index in [2.05, 4.69) is 38.4 Å². The number of H-pyrrole nitrogens is 1. The number of nitrogens with zero attached hydrogens (tertiary/aromatic N) is 2. The molecule has 34 heavy (non-hydrogen) atoms. The second-order valence-corrected chi connectivity index (χ2v) is 9.68. The number of ether oxygens (including phenoxy) is 1. The van der Waals surface area contributed by atoms with E-state index in [0.29, 0.717) is 23.7 Å². The normalized spacial score (nSPS) is 13.4. The number of aromatic amines is 1. The van der Waals surface area contributed by atoms with Gasteiger partial charge in [-0.05, 0) is 49.6 Å². The molecule has 2 N–H and O–H groups in total. The minimum Gasteiger partial charge on any atom is -0.497 e. The minimum absolute atomic E-state index is 0.120. The Labute approximate surface area is 203 Å². The first-order valence-corrected chi connectivity index (χ1v) is 12.3. The maximum Gasteiger partial charge on any atom is 0.256 e. The summed E-state index contributed by atoms with van der Waals surface area (Å²) in [5.41, 5.74) is 6.62. The zero-order chi connectivity index (χ0) is 24.2. The molecule has 0 radical (unpaired) electrons. The highest BCUT2D eigenvalue weighted by atomic mass is 32.2. The molecule has 2 aromatic carbocycles. The number of rotatable bonds is 7. The van der Waals surface area contributed by atoms with Crippen molar-refractivity contribution in [1.82, 2.24) is 14.9 Å². The van der Waals surface area contributed by atoms with Gasteiger partial charge in [0.2, 0.25) is 5.91 Å². The van der Waals surface area contributed by atoms with Crippen LogP contribution in [-0.2, 0) is 24.3 Å². The summed E-state index contributed by atoms with van der Waals surface area (Å²) in [5.74, 6) is 0.883. The Kier molecular flexibility index (Phi) is 7.38. The summed E-state index contributed by atoms with van der Waals surface area (Å²) in [6, 6.07) is 12.1. The van der Waals surface area contributed by atoms with Crippen LogP contribution in [0, 0.1) is 20.8 Å². The van der Waals surface area contributed by atoms with Gasteiger partial charge in [0.1, 0.15) is 5.75 Å². The summed E-state index contributed by atoms with van der Waals surface area (Å²) in [6.07, 6.45) is 0.699. The van der Waals surface area contributed by atoms with Crippen molar-refractivity contribution in [2.45, 2.75) is 45.4 Å². The lowest BCUT2D eigenvalue weighted by Gasteiger charge is -2.27. The zero-order valence-electron chi connectivity index (χ0n) is 20.0. The predicted molar refractivity (Wildman–Crippen MR) is 136 cm³/mol. The molecule has 0 unspecified atom stereocenters. The van der Waals surface area contributed by atoms with E-state index in [-0.39, 0.29) is 17.2 Å². The van der Waals surface area contributed by atoms with Crippen molar-refractivity contribution >= 4 is 23.4 Å². The van der Waals surface area contributed by atoms with Gasteiger partial charge in [0.05, 0.1) is 24.1 Å². The average Bonchev–Trinajstić information content (AvgIpc) is 2.80. The van der Waals surface area contributed by atoms with Crippen molar-refractivity contribution in [2.24, 2.45) is 0 Å². The fourth-order valence-electron chi connectivity index (χ4n) is 4.38. The summed E-state index contributed by atoms with van der Waals surface area (Å²) < 4.78 is 5.31. The number of hydrogen-bond acceptors (Lipinski definition) is 6. The van der Waals surface area contributed by atoms with Crippen LogP contribution in [0.3, 0.4) is 0 Å². The van der Waals surface area contributed by atoms with Crippen LogP contribution < -0.4 is 15.6 Å². The van der Waals surface area contributed by atoms with E-state index in [1.165, 1.54) is 17.3 Å². The molecule has 1 aromatic heterocycles. The fourth-order valence-corrected chi connectivity index (χ4v) is 5.06. The smallest absolute Gasteiger partial charge is 0.256 e. The van der Waals surface area contributed by atoms with Gasteiger partial charge in [-0.25, -0.2) is 4.98 Å². The van der Waals surface area contributed by atoms with Crippen LogP contribution >= 0.6 is 11.8 Å². The second kappa shape index (κ2) is 10.4. The minimum atomic E-state index is -0.131. The largest absolute Gasteiger partial charge is 0.497 e. The molecule has 0 fully saturated rings. The lowest BCUT2D eigenvalue weighted by Crippen LogP contribution is -2.35. The van der Waals surface area contributed by atoms with Crippen molar-refractivity contribution in [3.05, 3.63) is 80.3 Å². The van der Waals surface area contributed by atoms with Crippen molar-refractivity contribution in [3.8, 4) is 5.75 Å². The number of methoxy groups -OCH3 is 1. The Bertz CT molecular complexity index is 1250. The summed E-state index contributed by atoms with van der Waals surface area (Å²) in [7, 11) is 1.66. The van der Waals surface area contributed by atoms with Gasteiger partial charge in [-0.1, -0.05) is 41.6 Å². The summed E-state index contributed by atoms with van der Waals surface area (Å²) in [5, 5.41) is 3.48. The molecule has 0 atom stereocenters. The van der Waals surface area contributed by atoms with Crippen LogP contribution in [0.5, 0.6) is 5.75 Å². The van der Waals surface area contributed by atoms with E-state index in [1.807, 2.05) is 39.0 Å².